The number of ether oxygens (including phenoxy) is 1. The molecule has 3 N–H and O–H groups in total. The van der Waals surface area contributed by atoms with E-state index >= 15 is 0 Å². The van der Waals surface area contributed by atoms with Crippen LogP contribution < -0.4 is 10.6 Å². The van der Waals surface area contributed by atoms with Gasteiger partial charge in [-0.25, -0.2) is 9.59 Å². The zero-order chi connectivity index (χ0) is 24.8. The Bertz CT molecular complexity index is 1220. The molecule has 4 rings (SSSR count). The van der Waals surface area contributed by atoms with Crippen molar-refractivity contribution in [3.63, 3.8) is 0 Å². The fourth-order valence-corrected chi connectivity index (χ4v) is 4.85. The summed E-state index contributed by atoms with van der Waals surface area (Å²) in [7, 11) is 0. The first kappa shape index (κ1) is 24.6. The molecule has 0 bridgehead atoms. The third-order valence-electron chi connectivity index (χ3n) is 5.58. The Balaban J connectivity index is 1.19. The van der Waals surface area contributed by atoms with Crippen LogP contribution in [-0.4, -0.2) is 47.7 Å². The van der Waals surface area contributed by atoms with Crippen molar-refractivity contribution < 1.29 is 24.2 Å². The Morgan fingerprint density at radius 1 is 0.971 bits per heavy atom. The molecule has 0 aliphatic heterocycles. The molecule has 0 saturated carbocycles. The van der Waals surface area contributed by atoms with E-state index in [1.807, 2.05) is 24.3 Å². The van der Waals surface area contributed by atoms with Gasteiger partial charge in [-0.15, -0.1) is 0 Å². The molecule has 0 heterocycles. The van der Waals surface area contributed by atoms with Gasteiger partial charge in [0.2, 0.25) is 5.91 Å². The number of anilines is 1. The smallest absolute Gasteiger partial charge is 0.407 e. The van der Waals surface area contributed by atoms with Crippen LogP contribution in [0.2, 0.25) is 5.02 Å². The van der Waals surface area contributed by atoms with Crippen LogP contribution in [0.15, 0.2) is 66.7 Å². The Labute approximate surface area is 211 Å². The van der Waals surface area contributed by atoms with Crippen molar-refractivity contribution in [2.75, 3.05) is 30.0 Å². The van der Waals surface area contributed by atoms with E-state index in [9.17, 15) is 19.5 Å². The van der Waals surface area contributed by atoms with Crippen molar-refractivity contribution >= 4 is 47.0 Å². The topological polar surface area (TPSA) is 105 Å². The third-order valence-corrected chi connectivity index (χ3v) is 6.77. The van der Waals surface area contributed by atoms with Crippen LogP contribution in [0.3, 0.4) is 0 Å². The number of carboxylic acids is 1. The maximum absolute atomic E-state index is 12.2. The van der Waals surface area contributed by atoms with Crippen molar-refractivity contribution in [2.24, 2.45) is 0 Å². The molecule has 0 unspecified atom stereocenters. The van der Waals surface area contributed by atoms with Crippen molar-refractivity contribution in [1.82, 2.24) is 5.32 Å². The number of hydrogen-bond acceptors (Lipinski definition) is 5. The van der Waals surface area contributed by atoms with Gasteiger partial charge in [0.05, 0.1) is 17.0 Å². The van der Waals surface area contributed by atoms with Gasteiger partial charge in [-0.1, -0.05) is 60.1 Å². The maximum Gasteiger partial charge on any atom is 0.407 e. The minimum Gasteiger partial charge on any atom is -0.478 e. The normalized spacial score (nSPS) is 11.9. The lowest BCUT2D eigenvalue weighted by atomic mass is 9.98. The molecule has 3 aromatic carbocycles. The van der Waals surface area contributed by atoms with Crippen molar-refractivity contribution in [3.05, 3.63) is 88.4 Å². The Kier molecular flexibility index (Phi) is 7.94. The first-order valence-electron chi connectivity index (χ1n) is 10.9. The molecule has 0 saturated heterocycles. The minimum absolute atomic E-state index is 0.00611. The fraction of sp³-hybridized carbons (Fsp3) is 0.192. The van der Waals surface area contributed by atoms with Gasteiger partial charge in [-0.05, 0) is 40.5 Å². The summed E-state index contributed by atoms with van der Waals surface area (Å²) in [5.41, 5.74) is 4.74. The van der Waals surface area contributed by atoms with Crippen LogP contribution in [-0.2, 0) is 9.53 Å². The van der Waals surface area contributed by atoms with Crippen LogP contribution >= 0.6 is 23.4 Å². The number of carboxylic acid groups (broad SMARTS) is 1. The Morgan fingerprint density at radius 2 is 1.63 bits per heavy atom. The fourth-order valence-electron chi connectivity index (χ4n) is 4.03. The van der Waals surface area contributed by atoms with E-state index in [4.69, 9.17) is 16.3 Å². The van der Waals surface area contributed by atoms with Crippen molar-refractivity contribution in [1.29, 1.82) is 0 Å². The van der Waals surface area contributed by atoms with Crippen molar-refractivity contribution in [3.8, 4) is 11.1 Å². The van der Waals surface area contributed by atoms with Gasteiger partial charge in [0.15, 0.2) is 0 Å². The second-order valence-corrected chi connectivity index (χ2v) is 9.39. The quantitative estimate of drug-likeness (QED) is 0.340. The molecule has 0 fully saturated rings. The first-order valence-corrected chi connectivity index (χ1v) is 12.5. The van der Waals surface area contributed by atoms with E-state index in [1.54, 1.807) is 0 Å². The predicted octanol–water partition coefficient (Wildman–Crippen LogP) is 5.25. The molecule has 3 aromatic rings. The number of benzene rings is 3. The van der Waals surface area contributed by atoms with Gasteiger partial charge < -0.3 is 20.5 Å². The molecule has 1 aliphatic carbocycles. The number of alkyl carbamates (subject to hydrolysis) is 1. The highest BCUT2D eigenvalue weighted by Gasteiger charge is 2.28. The molecule has 180 valence electrons. The largest absolute Gasteiger partial charge is 0.478 e. The molecule has 9 heteroatoms. The molecule has 0 aromatic heterocycles. The summed E-state index contributed by atoms with van der Waals surface area (Å²) in [6.45, 7) is 0.563. The summed E-state index contributed by atoms with van der Waals surface area (Å²) in [5.74, 6) is -0.942. The highest BCUT2D eigenvalue weighted by Crippen LogP contribution is 2.44. The summed E-state index contributed by atoms with van der Waals surface area (Å²) in [5, 5.41) is 14.8. The predicted molar refractivity (Wildman–Crippen MR) is 137 cm³/mol. The number of carbonyl (C=O) groups excluding carboxylic acids is 2. The molecule has 2 amide bonds. The van der Waals surface area contributed by atoms with Gasteiger partial charge in [0.1, 0.15) is 6.61 Å². The standard InChI is InChI=1S/C26H23ClN2O5S/c27-16-9-10-21(25(31)32)23(13-16)29-24(30)15-35-12-11-28-26(33)34-14-22-19-7-3-1-5-17(19)18-6-2-4-8-20(18)22/h1-10,13,22H,11-12,14-15H2,(H,28,33)(H,29,30)(H,31,32). The summed E-state index contributed by atoms with van der Waals surface area (Å²) < 4.78 is 5.49. The molecular formula is C26H23ClN2O5S. The third kappa shape index (κ3) is 5.96. The number of amides is 2. The lowest BCUT2D eigenvalue weighted by molar-refractivity contribution is -0.113. The number of carbonyl (C=O) groups is 3. The summed E-state index contributed by atoms with van der Waals surface area (Å²) in [4.78, 5) is 35.7. The van der Waals surface area contributed by atoms with E-state index < -0.39 is 12.1 Å². The number of fused-ring (bicyclic) bond motifs is 3. The van der Waals surface area contributed by atoms with Gasteiger partial charge in [-0.2, -0.15) is 11.8 Å². The average molecular weight is 511 g/mol. The number of hydrogen-bond donors (Lipinski definition) is 3. The van der Waals surface area contributed by atoms with Crippen LogP contribution in [0.25, 0.3) is 11.1 Å². The summed E-state index contributed by atoms with van der Waals surface area (Å²) in [6.07, 6.45) is -0.512. The Hall–Kier alpha value is -3.49. The number of nitrogens with one attached hydrogen (secondary N) is 2. The van der Waals surface area contributed by atoms with E-state index in [1.165, 1.54) is 41.1 Å². The number of thioether (sulfide) groups is 1. The van der Waals surface area contributed by atoms with E-state index in [-0.39, 0.29) is 35.4 Å². The van der Waals surface area contributed by atoms with Crippen molar-refractivity contribution in [2.45, 2.75) is 5.92 Å². The monoisotopic (exact) mass is 510 g/mol. The molecule has 0 spiro atoms. The number of rotatable bonds is 9. The SMILES string of the molecule is O=C(CSCCNC(=O)OCC1c2ccccc2-c2ccccc21)Nc1cc(Cl)ccc1C(=O)O. The minimum atomic E-state index is -1.16. The zero-order valence-electron chi connectivity index (χ0n) is 18.6. The van der Waals surface area contributed by atoms with Gasteiger partial charge in [0.25, 0.3) is 0 Å². The molecule has 1 aliphatic rings. The first-order chi connectivity index (χ1) is 16.9. The van der Waals surface area contributed by atoms with E-state index in [2.05, 4.69) is 34.9 Å². The summed E-state index contributed by atoms with van der Waals surface area (Å²) in [6, 6.07) is 20.4. The highest BCUT2D eigenvalue weighted by atomic mass is 35.5. The van der Waals surface area contributed by atoms with Crippen LogP contribution in [0.4, 0.5) is 10.5 Å². The lowest BCUT2D eigenvalue weighted by Gasteiger charge is -2.14. The van der Waals surface area contributed by atoms with E-state index in [0.29, 0.717) is 17.3 Å². The molecular weight excluding hydrogens is 488 g/mol. The average Bonchev–Trinajstić information content (AvgIpc) is 3.16. The van der Waals surface area contributed by atoms with Crippen LogP contribution in [0, 0.1) is 0 Å². The number of aromatic carboxylic acids is 1. The highest BCUT2D eigenvalue weighted by molar-refractivity contribution is 7.99. The lowest BCUT2D eigenvalue weighted by Crippen LogP contribution is -2.28. The van der Waals surface area contributed by atoms with Crippen LogP contribution in [0.1, 0.15) is 27.4 Å². The van der Waals surface area contributed by atoms with Gasteiger partial charge >= 0.3 is 12.1 Å². The zero-order valence-corrected chi connectivity index (χ0v) is 20.2. The Morgan fingerprint density at radius 3 is 2.29 bits per heavy atom. The molecule has 35 heavy (non-hydrogen) atoms. The van der Waals surface area contributed by atoms with Gasteiger partial charge in [0, 0.05) is 23.2 Å². The molecule has 0 atom stereocenters. The summed E-state index contributed by atoms with van der Waals surface area (Å²) >= 11 is 7.20. The molecule has 7 nitrogen and oxygen atoms in total. The maximum atomic E-state index is 12.2. The second-order valence-electron chi connectivity index (χ2n) is 7.85. The van der Waals surface area contributed by atoms with Gasteiger partial charge in [-0.3, -0.25) is 4.79 Å². The van der Waals surface area contributed by atoms with Crippen LogP contribution in [0.5, 0.6) is 0 Å². The molecule has 0 radical (unpaired) electrons. The van der Waals surface area contributed by atoms with E-state index in [0.717, 1.165) is 11.1 Å². The number of halogens is 1. The second kappa shape index (κ2) is 11.3.